The van der Waals surface area contributed by atoms with Gasteiger partial charge in [0, 0.05) is 62.6 Å². The van der Waals surface area contributed by atoms with Crippen LogP contribution in [-0.4, -0.2) is 81.5 Å². The monoisotopic (exact) mass is 402 g/mol. The summed E-state index contributed by atoms with van der Waals surface area (Å²) in [6.45, 7) is 6.66. The molecule has 158 valence electrons. The lowest BCUT2D eigenvalue weighted by Gasteiger charge is -2.50. The van der Waals surface area contributed by atoms with Crippen molar-refractivity contribution in [3.05, 3.63) is 17.7 Å². The van der Waals surface area contributed by atoms with Gasteiger partial charge in [0.15, 0.2) is 11.5 Å². The van der Waals surface area contributed by atoms with Crippen molar-refractivity contribution in [2.24, 2.45) is 5.92 Å². The summed E-state index contributed by atoms with van der Waals surface area (Å²) < 4.78 is 23.8. The van der Waals surface area contributed by atoms with Gasteiger partial charge < -0.3 is 23.8 Å². The number of carbonyl (C=O) groups excluding carboxylic acids is 1. The highest BCUT2D eigenvalue weighted by Gasteiger charge is 2.65. The minimum atomic E-state index is 0.0268. The highest BCUT2D eigenvalue weighted by molar-refractivity contribution is 5.73. The van der Waals surface area contributed by atoms with E-state index in [4.69, 9.17) is 18.9 Å². The molecule has 4 atom stereocenters. The van der Waals surface area contributed by atoms with Crippen LogP contribution in [0.15, 0.2) is 12.1 Å². The summed E-state index contributed by atoms with van der Waals surface area (Å²) in [5.74, 6) is 2.87. The summed E-state index contributed by atoms with van der Waals surface area (Å²) in [5, 5.41) is 0. The van der Waals surface area contributed by atoms with Crippen LogP contribution in [0.5, 0.6) is 17.2 Å². The molecule has 3 aliphatic heterocycles. The van der Waals surface area contributed by atoms with E-state index < -0.39 is 0 Å². The maximum atomic E-state index is 11.6. The van der Waals surface area contributed by atoms with E-state index in [0.717, 1.165) is 57.1 Å². The fourth-order valence-electron chi connectivity index (χ4n) is 5.78. The first-order chi connectivity index (χ1) is 14.1. The predicted molar refractivity (Wildman–Crippen MR) is 107 cm³/mol. The molecule has 3 fully saturated rings. The average molecular weight is 402 g/mol. The van der Waals surface area contributed by atoms with Gasteiger partial charge in [-0.3, -0.25) is 9.69 Å². The predicted octanol–water partition coefficient (Wildman–Crippen LogP) is 1.68. The van der Waals surface area contributed by atoms with Crippen LogP contribution in [0.4, 0.5) is 0 Å². The van der Waals surface area contributed by atoms with Gasteiger partial charge in [0.25, 0.3) is 0 Å². The minimum Gasteiger partial charge on any atom is -0.493 e. The Bertz CT molecular complexity index is 807. The second-order valence-electron chi connectivity index (χ2n) is 8.67. The first-order valence-electron chi connectivity index (χ1n) is 10.6. The number of rotatable bonds is 4. The van der Waals surface area contributed by atoms with Crippen molar-refractivity contribution in [1.29, 1.82) is 0 Å². The van der Waals surface area contributed by atoms with Crippen molar-refractivity contribution < 1.29 is 23.7 Å². The summed E-state index contributed by atoms with van der Waals surface area (Å²) in [6, 6.07) is 4.06. The summed E-state index contributed by atoms with van der Waals surface area (Å²) in [7, 11) is 3.33. The van der Waals surface area contributed by atoms with Gasteiger partial charge in [-0.2, -0.15) is 0 Å². The van der Waals surface area contributed by atoms with Crippen molar-refractivity contribution in [2.75, 3.05) is 53.6 Å². The quantitative estimate of drug-likeness (QED) is 0.764. The number of ether oxygens (including phenoxy) is 4. The van der Waals surface area contributed by atoms with Crippen molar-refractivity contribution in [3.8, 4) is 17.2 Å². The Labute approximate surface area is 171 Å². The molecule has 7 heteroatoms. The fraction of sp³-hybridized carbons (Fsp3) is 0.682. The second-order valence-corrected chi connectivity index (χ2v) is 8.67. The van der Waals surface area contributed by atoms with E-state index in [2.05, 4.69) is 11.0 Å². The van der Waals surface area contributed by atoms with Crippen LogP contribution in [0.3, 0.4) is 0 Å². The average Bonchev–Trinajstić information content (AvgIpc) is 2.94. The van der Waals surface area contributed by atoms with Gasteiger partial charge in [0.2, 0.25) is 5.91 Å². The lowest BCUT2D eigenvalue weighted by molar-refractivity contribution is -0.130. The molecule has 3 heterocycles. The van der Waals surface area contributed by atoms with Crippen LogP contribution in [-0.2, 0) is 14.9 Å². The molecule has 1 spiro atoms. The van der Waals surface area contributed by atoms with Crippen molar-refractivity contribution in [2.45, 2.75) is 37.4 Å². The standard InChI is InChI=1S/C22H30N2O5/c1-14(25)24-8-6-23(7-9-24)12-20-16-13-28-17-11-19(27-3)18(26-2)10-15(17)22(16)5-4-21(22)29-20/h10-11,16,20-21H,4-9,12-13H2,1-3H3. The molecule has 7 nitrogen and oxygen atoms in total. The van der Waals surface area contributed by atoms with E-state index >= 15 is 0 Å². The molecule has 0 aromatic heterocycles. The third-order valence-corrected chi connectivity index (χ3v) is 7.51. The molecule has 1 amide bonds. The van der Waals surface area contributed by atoms with E-state index in [-0.39, 0.29) is 23.5 Å². The summed E-state index contributed by atoms with van der Waals surface area (Å²) in [4.78, 5) is 16.0. The van der Waals surface area contributed by atoms with Crippen molar-refractivity contribution in [3.63, 3.8) is 0 Å². The lowest BCUT2D eigenvalue weighted by atomic mass is 9.55. The van der Waals surface area contributed by atoms with Gasteiger partial charge >= 0.3 is 0 Å². The first kappa shape index (κ1) is 19.0. The van der Waals surface area contributed by atoms with Gasteiger partial charge in [0.1, 0.15) is 5.75 Å². The third kappa shape index (κ3) is 2.81. The van der Waals surface area contributed by atoms with Gasteiger partial charge in [-0.15, -0.1) is 0 Å². The van der Waals surface area contributed by atoms with Crippen molar-refractivity contribution >= 4 is 5.91 Å². The molecule has 0 radical (unpaired) electrons. The van der Waals surface area contributed by atoms with Crippen LogP contribution in [0.1, 0.15) is 25.3 Å². The van der Waals surface area contributed by atoms with E-state index in [1.807, 2.05) is 11.0 Å². The van der Waals surface area contributed by atoms with Gasteiger partial charge in [-0.1, -0.05) is 0 Å². The molecule has 4 aliphatic rings. The summed E-state index contributed by atoms with van der Waals surface area (Å²) in [6.07, 6.45) is 2.63. The highest BCUT2D eigenvalue weighted by Crippen LogP contribution is 2.62. The molecule has 1 aromatic carbocycles. The fourth-order valence-corrected chi connectivity index (χ4v) is 5.78. The molecular weight excluding hydrogens is 372 g/mol. The van der Waals surface area contributed by atoms with Crippen molar-refractivity contribution in [1.82, 2.24) is 9.80 Å². The van der Waals surface area contributed by atoms with E-state index in [1.54, 1.807) is 21.1 Å². The molecule has 29 heavy (non-hydrogen) atoms. The Kier molecular flexibility index (Phi) is 4.62. The molecule has 4 unspecified atom stereocenters. The smallest absolute Gasteiger partial charge is 0.219 e. The van der Waals surface area contributed by atoms with Gasteiger partial charge in [0.05, 0.1) is 33.0 Å². The van der Waals surface area contributed by atoms with Crippen LogP contribution >= 0.6 is 0 Å². The summed E-state index contributed by atoms with van der Waals surface area (Å²) in [5.41, 5.74) is 1.24. The van der Waals surface area contributed by atoms with E-state index in [9.17, 15) is 4.79 Å². The molecule has 0 N–H and O–H groups in total. The third-order valence-electron chi connectivity index (χ3n) is 7.51. The van der Waals surface area contributed by atoms with Crippen LogP contribution in [0.2, 0.25) is 0 Å². The Morgan fingerprint density at radius 3 is 2.52 bits per heavy atom. The molecular formula is C22H30N2O5. The number of amides is 1. The number of hydrogen-bond acceptors (Lipinski definition) is 6. The van der Waals surface area contributed by atoms with Crippen LogP contribution in [0.25, 0.3) is 0 Å². The lowest BCUT2D eigenvalue weighted by Crippen LogP contribution is -2.55. The highest BCUT2D eigenvalue weighted by atomic mass is 16.5. The molecule has 0 bridgehead atoms. The number of hydrogen-bond donors (Lipinski definition) is 0. The minimum absolute atomic E-state index is 0.0268. The van der Waals surface area contributed by atoms with Gasteiger partial charge in [-0.05, 0) is 18.9 Å². The zero-order valence-electron chi connectivity index (χ0n) is 17.5. The maximum Gasteiger partial charge on any atom is 0.219 e. The Morgan fingerprint density at radius 2 is 1.90 bits per heavy atom. The maximum absolute atomic E-state index is 11.6. The number of carbonyl (C=O) groups is 1. The number of benzene rings is 1. The van der Waals surface area contributed by atoms with E-state index in [0.29, 0.717) is 18.3 Å². The Balaban J connectivity index is 1.37. The molecule has 1 saturated carbocycles. The van der Waals surface area contributed by atoms with Crippen LogP contribution < -0.4 is 14.2 Å². The number of fused-ring (bicyclic) bond motifs is 1. The zero-order chi connectivity index (χ0) is 20.2. The van der Waals surface area contributed by atoms with Crippen LogP contribution in [0, 0.1) is 5.92 Å². The number of methoxy groups -OCH3 is 2. The van der Waals surface area contributed by atoms with E-state index in [1.165, 1.54) is 5.56 Å². The second kappa shape index (κ2) is 7.06. The summed E-state index contributed by atoms with van der Waals surface area (Å²) >= 11 is 0. The van der Waals surface area contributed by atoms with Gasteiger partial charge in [-0.25, -0.2) is 0 Å². The topological polar surface area (TPSA) is 60.5 Å². The zero-order valence-corrected chi connectivity index (χ0v) is 17.5. The number of piperazine rings is 1. The molecule has 2 saturated heterocycles. The molecule has 5 rings (SSSR count). The molecule has 1 aromatic rings. The first-order valence-corrected chi connectivity index (χ1v) is 10.6. The molecule has 1 aliphatic carbocycles. The largest absolute Gasteiger partial charge is 0.493 e. The normalized spacial score (nSPS) is 33.1. The number of nitrogens with zero attached hydrogens (tertiary/aromatic N) is 2. The Hall–Kier alpha value is -1.99. The Morgan fingerprint density at radius 1 is 1.17 bits per heavy atom. The SMILES string of the molecule is COc1cc2c(cc1OC)C13CCC1OC(CN1CCN(C(C)=O)CC1)C3CO2.